The van der Waals surface area contributed by atoms with E-state index in [1.54, 1.807) is 17.2 Å². The second kappa shape index (κ2) is 8.65. The molecule has 0 spiro atoms. The number of benzene rings is 1. The van der Waals surface area contributed by atoms with Crippen molar-refractivity contribution in [3.63, 3.8) is 0 Å². The third-order valence-electron chi connectivity index (χ3n) is 5.56. The minimum atomic E-state index is -4.81. The number of rotatable bonds is 3. The fourth-order valence-corrected chi connectivity index (χ4v) is 4.27. The number of aryl methyl sites for hydroxylation is 1. The Balaban J connectivity index is 1.53. The number of alkyl halides is 3. The fraction of sp³-hybridized carbons (Fsp3) is 0.333. The number of pyridine rings is 1. The monoisotopic (exact) mass is 526 g/mol. The van der Waals surface area contributed by atoms with Gasteiger partial charge < -0.3 is 14.2 Å². The summed E-state index contributed by atoms with van der Waals surface area (Å²) in [5, 5.41) is 0. The average molecular weight is 527 g/mol. The van der Waals surface area contributed by atoms with Crippen molar-refractivity contribution in [2.45, 2.75) is 25.2 Å². The van der Waals surface area contributed by atoms with Gasteiger partial charge in [-0.25, -0.2) is 4.98 Å². The molecule has 8 nitrogen and oxygen atoms in total. The molecular weight excluding hydrogens is 509 g/mol. The lowest BCUT2D eigenvalue weighted by Gasteiger charge is -2.33. The molecule has 0 atom stereocenters. The molecule has 1 fully saturated rings. The van der Waals surface area contributed by atoms with Gasteiger partial charge in [0, 0.05) is 42.4 Å². The number of ether oxygens (including phenoxy) is 1. The number of amides is 1. The first-order valence-electron chi connectivity index (χ1n) is 9.97. The topological polar surface area (TPSA) is 86.4 Å². The highest BCUT2D eigenvalue weighted by atomic mass is 79.9. The Bertz CT molecular complexity index is 1330. The molecule has 0 bridgehead atoms. The number of halogens is 4. The van der Waals surface area contributed by atoms with Crippen LogP contribution < -0.4 is 15.9 Å². The average Bonchev–Trinajstić information content (AvgIpc) is 2.77. The summed E-state index contributed by atoms with van der Waals surface area (Å²) in [7, 11) is 1.51. The predicted molar refractivity (Wildman–Crippen MR) is 116 cm³/mol. The van der Waals surface area contributed by atoms with E-state index in [0.29, 0.717) is 41.6 Å². The predicted octanol–water partition coefficient (Wildman–Crippen LogP) is 3.23. The Morgan fingerprint density at radius 3 is 2.36 bits per heavy atom. The third-order valence-corrected chi connectivity index (χ3v) is 6.00. The van der Waals surface area contributed by atoms with Crippen LogP contribution in [0.5, 0.6) is 5.75 Å². The van der Waals surface area contributed by atoms with Crippen molar-refractivity contribution in [2.24, 2.45) is 7.05 Å². The SMILES string of the molecule is Cn1c(=O)c(=O)n(C2CCN(C(=O)c3ccc(OC(F)(F)F)cc3)CC2)c2ncc(Br)cc21. The maximum atomic E-state index is 12.8. The van der Waals surface area contributed by atoms with Gasteiger partial charge in [0.1, 0.15) is 5.75 Å². The van der Waals surface area contributed by atoms with E-state index in [9.17, 15) is 27.6 Å². The molecule has 174 valence electrons. The zero-order chi connectivity index (χ0) is 23.9. The largest absolute Gasteiger partial charge is 0.573 e. The lowest BCUT2D eigenvalue weighted by molar-refractivity contribution is -0.274. The molecule has 1 saturated heterocycles. The van der Waals surface area contributed by atoms with E-state index in [0.717, 1.165) is 12.1 Å². The highest BCUT2D eigenvalue weighted by molar-refractivity contribution is 9.10. The van der Waals surface area contributed by atoms with Gasteiger partial charge in [0.2, 0.25) is 0 Å². The van der Waals surface area contributed by atoms with Gasteiger partial charge >= 0.3 is 17.5 Å². The summed E-state index contributed by atoms with van der Waals surface area (Å²) in [6.07, 6.45) is -2.42. The van der Waals surface area contributed by atoms with Crippen molar-refractivity contribution >= 4 is 33.0 Å². The normalized spacial score (nSPS) is 15.1. The van der Waals surface area contributed by atoms with Crippen molar-refractivity contribution < 1.29 is 22.7 Å². The summed E-state index contributed by atoms with van der Waals surface area (Å²) in [4.78, 5) is 43.9. The number of aromatic nitrogens is 3. The number of carbonyl (C=O) groups excluding carboxylic acids is 1. The minimum Gasteiger partial charge on any atom is -0.406 e. The molecule has 1 aliphatic heterocycles. The van der Waals surface area contributed by atoms with E-state index < -0.39 is 23.2 Å². The van der Waals surface area contributed by atoms with Crippen LogP contribution in [-0.2, 0) is 7.05 Å². The van der Waals surface area contributed by atoms with Crippen LogP contribution in [0.4, 0.5) is 13.2 Å². The second-order valence-electron chi connectivity index (χ2n) is 7.63. The number of hydrogen-bond acceptors (Lipinski definition) is 5. The summed E-state index contributed by atoms with van der Waals surface area (Å²) < 4.78 is 44.1. The molecule has 3 heterocycles. The van der Waals surface area contributed by atoms with Crippen LogP contribution in [0.2, 0.25) is 0 Å². The Morgan fingerprint density at radius 2 is 1.76 bits per heavy atom. The first kappa shape index (κ1) is 23.0. The van der Waals surface area contributed by atoms with Crippen LogP contribution in [0.15, 0.2) is 50.6 Å². The maximum Gasteiger partial charge on any atom is 0.573 e. The zero-order valence-corrected chi connectivity index (χ0v) is 18.9. The lowest BCUT2D eigenvalue weighted by atomic mass is 10.0. The van der Waals surface area contributed by atoms with Crippen molar-refractivity contribution in [1.82, 2.24) is 19.0 Å². The van der Waals surface area contributed by atoms with E-state index in [1.807, 2.05) is 0 Å². The smallest absolute Gasteiger partial charge is 0.406 e. The number of piperidine rings is 1. The summed E-state index contributed by atoms with van der Waals surface area (Å²) in [6, 6.07) is 6.11. The molecule has 0 aliphatic carbocycles. The second-order valence-corrected chi connectivity index (χ2v) is 8.55. The fourth-order valence-electron chi connectivity index (χ4n) is 3.95. The van der Waals surface area contributed by atoms with Gasteiger partial charge in [0.25, 0.3) is 5.91 Å². The first-order valence-corrected chi connectivity index (χ1v) is 10.8. The minimum absolute atomic E-state index is 0.227. The summed E-state index contributed by atoms with van der Waals surface area (Å²) >= 11 is 3.32. The van der Waals surface area contributed by atoms with Gasteiger partial charge in [-0.05, 0) is 59.1 Å². The first-order chi connectivity index (χ1) is 15.5. The molecule has 2 aromatic heterocycles. The Morgan fingerprint density at radius 1 is 1.12 bits per heavy atom. The van der Waals surface area contributed by atoms with Crippen molar-refractivity contribution in [3.8, 4) is 5.75 Å². The molecule has 0 unspecified atom stereocenters. The summed E-state index contributed by atoms with van der Waals surface area (Å²) in [6.45, 7) is 0.619. The quantitative estimate of drug-likeness (QED) is 0.489. The Labute approximate surface area is 193 Å². The zero-order valence-electron chi connectivity index (χ0n) is 17.3. The van der Waals surface area contributed by atoms with Gasteiger partial charge in [-0.15, -0.1) is 13.2 Å². The van der Waals surface area contributed by atoms with E-state index in [4.69, 9.17) is 0 Å². The molecular formula is C21H18BrF3N4O4. The lowest BCUT2D eigenvalue weighted by Crippen LogP contribution is -2.46. The number of carbonyl (C=O) groups is 1. The van der Waals surface area contributed by atoms with Gasteiger partial charge in [-0.3, -0.25) is 19.0 Å². The molecule has 3 aromatic rings. The Kier molecular flexibility index (Phi) is 6.04. The number of hydrogen-bond donors (Lipinski definition) is 0. The van der Waals surface area contributed by atoms with Gasteiger partial charge in [0.15, 0.2) is 5.65 Å². The number of fused-ring (bicyclic) bond motifs is 1. The van der Waals surface area contributed by atoms with E-state index in [-0.39, 0.29) is 17.5 Å². The highest BCUT2D eigenvalue weighted by Gasteiger charge is 2.31. The van der Waals surface area contributed by atoms with Crippen LogP contribution in [0.25, 0.3) is 11.2 Å². The molecule has 0 saturated carbocycles. The van der Waals surface area contributed by atoms with Crippen molar-refractivity contribution in [3.05, 3.63) is 67.3 Å². The van der Waals surface area contributed by atoms with Crippen LogP contribution in [0, 0.1) is 0 Å². The van der Waals surface area contributed by atoms with Gasteiger partial charge in [0.05, 0.1) is 5.52 Å². The van der Waals surface area contributed by atoms with Crippen molar-refractivity contribution in [2.75, 3.05) is 13.1 Å². The summed E-state index contributed by atoms with van der Waals surface area (Å²) in [5.74, 6) is -0.746. The Hall–Kier alpha value is -3.15. The molecule has 1 amide bonds. The number of nitrogens with zero attached hydrogens (tertiary/aromatic N) is 4. The van der Waals surface area contributed by atoms with Crippen LogP contribution in [0.1, 0.15) is 29.2 Å². The van der Waals surface area contributed by atoms with E-state index in [1.165, 1.54) is 28.3 Å². The van der Waals surface area contributed by atoms with E-state index >= 15 is 0 Å². The molecule has 0 radical (unpaired) electrons. The molecule has 4 rings (SSSR count). The van der Waals surface area contributed by atoms with Crippen LogP contribution in [0.3, 0.4) is 0 Å². The highest BCUT2D eigenvalue weighted by Crippen LogP contribution is 2.27. The van der Waals surface area contributed by atoms with Crippen LogP contribution >= 0.6 is 15.9 Å². The molecule has 1 aliphatic rings. The standard InChI is InChI=1S/C21H18BrF3N4O4/c1-27-16-10-13(22)11-26-17(16)29(20(32)19(27)31)14-6-8-28(9-7-14)18(30)12-2-4-15(5-3-12)33-21(23,24)25/h2-5,10-11,14H,6-9H2,1H3. The molecule has 0 N–H and O–H groups in total. The number of likely N-dealkylation sites (tertiary alicyclic amines) is 1. The van der Waals surface area contributed by atoms with Crippen LogP contribution in [-0.4, -0.2) is 44.4 Å². The van der Waals surface area contributed by atoms with Gasteiger partial charge in [-0.2, -0.15) is 0 Å². The van der Waals surface area contributed by atoms with Crippen molar-refractivity contribution in [1.29, 1.82) is 0 Å². The third kappa shape index (κ3) is 4.65. The summed E-state index contributed by atoms with van der Waals surface area (Å²) in [5.41, 5.74) is -0.221. The van der Waals surface area contributed by atoms with Gasteiger partial charge in [-0.1, -0.05) is 0 Å². The van der Waals surface area contributed by atoms with E-state index in [2.05, 4.69) is 25.7 Å². The maximum absolute atomic E-state index is 12.8. The molecule has 1 aromatic carbocycles. The molecule has 12 heteroatoms. The molecule has 33 heavy (non-hydrogen) atoms.